The number of ether oxygens (including phenoxy) is 1. The van der Waals surface area contributed by atoms with Gasteiger partial charge in [-0.15, -0.1) is 0 Å². The Morgan fingerprint density at radius 1 is 0.942 bits per heavy atom. The van der Waals surface area contributed by atoms with Gasteiger partial charge in [0.05, 0.1) is 0 Å². The molecule has 8 unspecified atom stereocenters. The van der Waals surface area contributed by atoms with Gasteiger partial charge in [-0.3, -0.25) is 0 Å². The summed E-state index contributed by atoms with van der Waals surface area (Å²) in [6.07, 6.45) is 5.28. The molecule has 0 bridgehead atoms. The van der Waals surface area contributed by atoms with Crippen LogP contribution in [-0.2, 0) is 13.8 Å². The number of nitrogen functional groups attached to an aromatic ring is 1. The summed E-state index contributed by atoms with van der Waals surface area (Å²) in [4.78, 5) is 23.8. The van der Waals surface area contributed by atoms with Gasteiger partial charge < -0.3 is 5.32 Å². The van der Waals surface area contributed by atoms with E-state index in [1.54, 1.807) is 10.9 Å². The van der Waals surface area contributed by atoms with E-state index in [2.05, 4.69) is 96.8 Å². The van der Waals surface area contributed by atoms with E-state index >= 15 is 0 Å². The number of nitrogens with two attached hydrogens (primary N) is 1. The molecule has 0 aromatic carbocycles. The molecule has 2 aromatic heterocycles. The van der Waals surface area contributed by atoms with Gasteiger partial charge in [-0.2, -0.15) is 0 Å². The average Bonchev–Trinajstić information content (AvgIpc) is 3.69. The van der Waals surface area contributed by atoms with E-state index in [1.807, 2.05) is 0 Å². The van der Waals surface area contributed by atoms with E-state index in [0.29, 0.717) is 59.2 Å². The Morgan fingerprint density at radius 2 is 1.52 bits per heavy atom. The van der Waals surface area contributed by atoms with Gasteiger partial charge >= 0.3 is 150 Å². The number of aliphatic hydroxyl groups is 1. The van der Waals surface area contributed by atoms with Crippen molar-refractivity contribution in [3.63, 3.8) is 0 Å². The molecular weight excluding hydrogens is 676 g/mol. The number of hydrogen-bond donors (Lipinski definition) is 5. The quantitative estimate of drug-likeness (QED) is 0.0583. The van der Waals surface area contributed by atoms with Crippen molar-refractivity contribution in [1.82, 2.24) is 24.8 Å². The molecule has 2 fully saturated rings. The zero-order chi connectivity index (χ0) is 38.5. The molecule has 0 saturated carbocycles. The Hall–Kier alpha value is -1.60. The van der Waals surface area contributed by atoms with Gasteiger partial charge in [-0.25, -0.2) is 0 Å². The molecule has 12 atom stereocenters. The number of aromatic nitrogens is 4. The van der Waals surface area contributed by atoms with Crippen LogP contribution in [0, 0.1) is 47.3 Å². The number of anilines is 2. The summed E-state index contributed by atoms with van der Waals surface area (Å²) in [6.45, 7) is 28.8. The van der Waals surface area contributed by atoms with E-state index in [1.165, 1.54) is 20.4 Å². The van der Waals surface area contributed by atoms with Crippen LogP contribution in [0.5, 0.6) is 0 Å². The van der Waals surface area contributed by atoms with E-state index in [-0.39, 0.29) is 18.0 Å². The second kappa shape index (κ2) is 18.4. The Bertz CT molecular complexity index is 1390. The van der Waals surface area contributed by atoms with Gasteiger partial charge in [0, 0.05) is 5.54 Å². The molecule has 2 aromatic rings. The number of hydrogen-bond acceptors (Lipinski definition) is 11. The fraction of sp³-hybridized carbons (Fsp3) is 0.868. The second-order valence-electron chi connectivity index (χ2n) is 16.9. The molecular formula is C38H73BN7O5P. The number of imidazole rings is 1. The van der Waals surface area contributed by atoms with Crippen LogP contribution < -0.4 is 16.4 Å². The third-order valence-corrected chi connectivity index (χ3v) is 15.4. The van der Waals surface area contributed by atoms with Gasteiger partial charge in [-0.1, -0.05) is 88.5 Å². The van der Waals surface area contributed by atoms with Crippen LogP contribution >= 0.6 is 7.82 Å². The molecule has 0 amide bonds. The molecule has 4 rings (SSSR count). The Morgan fingerprint density at radius 3 is 2.10 bits per heavy atom. The molecule has 0 spiro atoms. The molecule has 52 heavy (non-hydrogen) atoms. The molecule has 4 heterocycles. The number of unbranched alkanes of at least 4 members (excludes halogenated alkanes) is 3. The van der Waals surface area contributed by atoms with E-state index in [9.17, 15) is 10.00 Å². The third-order valence-electron chi connectivity index (χ3n) is 14.0. The third kappa shape index (κ3) is 9.61. The molecule has 14 heteroatoms. The first-order valence-electron chi connectivity index (χ1n) is 20.3. The SMILES string of the molecule is B[PH]1(O)OC[C@H]2O[C@@H](n3cnc4c(N)nc(NCCCCCCNC(C)(C(C)C(C)C(C)C(C)CC)C(C)C(C)C(C)C(C)CC)nc43)[C@@H](O)[C@H]2O1. The fourth-order valence-corrected chi connectivity index (χ4v) is 9.97. The summed E-state index contributed by atoms with van der Waals surface area (Å²) in [7, 11) is -1.77. The van der Waals surface area contributed by atoms with Crippen molar-refractivity contribution in [2.75, 3.05) is 30.7 Å². The van der Waals surface area contributed by atoms with E-state index < -0.39 is 32.4 Å². The van der Waals surface area contributed by atoms with Crippen LogP contribution in [0.3, 0.4) is 0 Å². The van der Waals surface area contributed by atoms with Crippen molar-refractivity contribution in [3.8, 4) is 0 Å². The van der Waals surface area contributed by atoms with E-state index in [4.69, 9.17) is 24.5 Å². The summed E-state index contributed by atoms with van der Waals surface area (Å²) in [5.74, 6) is 5.83. The normalized spacial score (nSPS) is 28.2. The molecule has 6 N–H and O–H groups in total. The van der Waals surface area contributed by atoms with Crippen LogP contribution in [0.1, 0.15) is 121 Å². The Balaban J connectivity index is 1.31. The van der Waals surface area contributed by atoms with Crippen molar-refractivity contribution in [2.45, 2.75) is 145 Å². The zero-order valence-corrected chi connectivity index (χ0v) is 35.4. The minimum atomic E-state index is -3.30. The first-order chi connectivity index (χ1) is 24.5. The van der Waals surface area contributed by atoms with Crippen LogP contribution in [-0.4, -0.2) is 80.6 Å². The maximum absolute atomic E-state index is 11.1. The first-order valence-corrected chi connectivity index (χ1v) is 22.6. The second-order valence-corrected chi connectivity index (χ2v) is 19.3. The number of fused-ring (bicyclic) bond motifs is 2. The number of rotatable bonds is 20. The van der Waals surface area contributed by atoms with Crippen molar-refractivity contribution in [1.29, 1.82) is 0 Å². The number of nitrogens with one attached hydrogen (secondary N) is 2. The fourth-order valence-electron chi connectivity index (χ4n) is 8.64. The van der Waals surface area contributed by atoms with Crippen LogP contribution in [0.4, 0.5) is 11.8 Å². The summed E-state index contributed by atoms with van der Waals surface area (Å²) in [5.41, 5.74) is 7.23. The summed E-state index contributed by atoms with van der Waals surface area (Å²) >= 11 is 0. The summed E-state index contributed by atoms with van der Waals surface area (Å²) < 4.78 is 18.9. The van der Waals surface area contributed by atoms with Gasteiger partial charge in [0.2, 0.25) is 0 Å². The Labute approximate surface area is 315 Å². The van der Waals surface area contributed by atoms with Crippen molar-refractivity contribution in [2.24, 2.45) is 47.3 Å². The van der Waals surface area contributed by atoms with E-state index in [0.717, 1.165) is 44.1 Å². The standard InChI is InChI=1S/C38H73BN7O5P/c1-12-22(3)24(5)26(7)28(9)38(11,29(10)27(8)25(6)23(4)13-2)43-19-17-15-14-16-18-41-37-44-34(40)31-35(45-37)46(21-42-31)36-32(47)33-30(50-36)20-49-52(39,48)51-33/h21-30,32-33,36,43,47-48,52H,12-20,39H2,1-11H3,(H3,40,41,44,45)/t22?,23?,24?,25?,26?,27?,28?,29?,30-,32+,33+,36-,38?/m1/s1. The monoisotopic (exact) mass is 750 g/mol. The molecule has 0 aliphatic carbocycles. The average molecular weight is 750 g/mol. The molecule has 2 saturated heterocycles. The predicted molar refractivity (Wildman–Crippen MR) is 217 cm³/mol. The molecule has 12 nitrogen and oxygen atoms in total. The van der Waals surface area contributed by atoms with Crippen LogP contribution in [0.2, 0.25) is 0 Å². The van der Waals surface area contributed by atoms with Gasteiger partial charge in [-0.05, 0) is 67.2 Å². The number of aliphatic hydroxyl groups excluding tert-OH is 1. The van der Waals surface area contributed by atoms with Gasteiger partial charge in [0.1, 0.15) is 0 Å². The number of nitrogens with zero attached hydrogens (tertiary/aromatic N) is 4. The van der Waals surface area contributed by atoms with Gasteiger partial charge in [0.15, 0.2) is 0 Å². The topological polar surface area (TPSA) is 162 Å². The van der Waals surface area contributed by atoms with Crippen molar-refractivity contribution in [3.05, 3.63) is 6.33 Å². The minimum absolute atomic E-state index is 0.0474. The molecule has 2 aliphatic heterocycles. The maximum atomic E-state index is 11.1. The van der Waals surface area contributed by atoms with Gasteiger partial charge in [0.25, 0.3) is 0 Å². The van der Waals surface area contributed by atoms with Crippen molar-refractivity contribution >= 4 is 38.3 Å². The summed E-state index contributed by atoms with van der Waals surface area (Å²) in [6, 6.07) is 0. The van der Waals surface area contributed by atoms with Crippen LogP contribution in [0.15, 0.2) is 6.33 Å². The molecule has 298 valence electrons. The van der Waals surface area contributed by atoms with Crippen LogP contribution in [0.25, 0.3) is 11.2 Å². The first kappa shape index (κ1) is 43.1. The van der Waals surface area contributed by atoms with Crippen molar-refractivity contribution < 1.29 is 23.8 Å². The molecule has 0 radical (unpaired) electrons. The summed E-state index contributed by atoms with van der Waals surface area (Å²) in [5, 5.41) is 18.6. The zero-order valence-electron chi connectivity index (χ0n) is 34.4. The predicted octanol–water partition coefficient (Wildman–Crippen LogP) is 6.35. The Kier molecular flexibility index (Phi) is 15.2. The molecule has 2 aliphatic rings.